The molecule has 20 heavy (non-hydrogen) atoms. The molecular formula is C13H25NO6. The molecule has 0 aromatic heterocycles. The molecule has 1 saturated heterocycles. The van der Waals surface area contributed by atoms with Crippen LogP contribution in [0.3, 0.4) is 0 Å². The number of hydrogen-bond acceptors (Lipinski definition) is 6. The molecule has 118 valence electrons. The smallest absolute Gasteiger partial charge is 0.217 e. The maximum atomic E-state index is 11.2. The van der Waals surface area contributed by atoms with Gasteiger partial charge >= 0.3 is 0 Å². The van der Waals surface area contributed by atoms with E-state index in [1.165, 1.54) is 6.92 Å². The standard InChI is InChI=1S/C13H25NO6/c1-4-5-7(2)19-13-10(14-8(3)16)12(18)11(17)9(6-15)20-13/h7,9-13,15,17-18H,4-6H2,1-3H3,(H,14,16)/t7?,9-,10-,11-,12-,13-/m1/s1. The minimum atomic E-state index is -1.28. The van der Waals surface area contributed by atoms with E-state index in [1.807, 2.05) is 13.8 Å². The number of hydrogen-bond donors (Lipinski definition) is 4. The fourth-order valence-corrected chi connectivity index (χ4v) is 2.29. The maximum Gasteiger partial charge on any atom is 0.217 e. The summed E-state index contributed by atoms with van der Waals surface area (Å²) >= 11 is 0. The van der Waals surface area contributed by atoms with Crippen LogP contribution in [0.5, 0.6) is 0 Å². The quantitative estimate of drug-likeness (QED) is 0.507. The highest BCUT2D eigenvalue weighted by atomic mass is 16.7. The van der Waals surface area contributed by atoms with Gasteiger partial charge < -0.3 is 30.1 Å². The lowest BCUT2D eigenvalue weighted by molar-refractivity contribution is -0.280. The van der Waals surface area contributed by atoms with Crippen LogP contribution in [0.2, 0.25) is 0 Å². The topological polar surface area (TPSA) is 108 Å². The molecule has 7 nitrogen and oxygen atoms in total. The predicted octanol–water partition coefficient (Wildman–Crippen LogP) is -0.865. The van der Waals surface area contributed by atoms with E-state index in [9.17, 15) is 15.0 Å². The van der Waals surface area contributed by atoms with Gasteiger partial charge in [-0.15, -0.1) is 0 Å². The normalized spacial score (nSPS) is 35.6. The molecule has 0 aliphatic carbocycles. The van der Waals surface area contributed by atoms with E-state index in [2.05, 4.69) is 5.32 Å². The monoisotopic (exact) mass is 291 g/mol. The van der Waals surface area contributed by atoms with Crippen LogP contribution in [-0.4, -0.2) is 64.6 Å². The average molecular weight is 291 g/mol. The summed E-state index contributed by atoms with van der Waals surface area (Å²) in [5, 5.41) is 31.6. The number of amides is 1. The molecule has 0 bridgehead atoms. The van der Waals surface area contributed by atoms with E-state index in [4.69, 9.17) is 14.6 Å². The van der Waals surface area contributed by atoms with Gasteiger partial charge in [0.05, 0.1) is 12.7 Å². The molecule has 1 fully saturated rings. The van der Waals surface area contributed by atoms with Gasteiger partial charge in [0.1, 0.15) is 24.4 Å². The third kappa shape index (κ3) is 4.39. The van der Waals surface area contributed by atoms with Gasteiger partial charge in [-0.05, 0) is 13.3 Å². The van der Waals surface area contributed by atoms with Crippen LogP contribution < -0.4 is 5.32 Å². The molecule has 0 aromatic carbocycles. The summed E-state index contributed by atoms with van der Waals surface area (Å²) in [4.78, 5) is 11.2. The van der Waals surface area contributed by atoms with Crippen LogP contribution in [0.15, 0.2) is 0 Å². The Hall–Kier alpha value is -0.730. The number of aliphatic hydroxyl groups is 3. The van der Waals surface area contributed by atoms with Gasteiger partial charge in [-0.3, -0.25) is 4.79 Å². The van der Waals surface area contributed by atoms with Gasteiger partial charge in [-0.25, -0.2) is 0 Å². The predicted molar refractivity (Wildman–Crippen MR) is 70.8 cm³/mol. The first-order chi connectivity index (χ1) is 9.40. The van der Waals surface area contributed by atoms with Crippen LogP contribution in [0.25, 0.3) is 0 Å². The number of nitrogens with one attached hydrogen (secondary N) is 1. The number of aliphatic hydroxyl groups excluding tert-OH is 3. The first-order valence-electron chi connectivity index (χ1n) is 6.95. The number of rotatable bonds is 6. The Morgan fingerprint density at radius 2 is 2.05 bits per heavy atom. The Kier molecular flexibility index (Phi) is 6.84. The van der Waals surface area contributed by atoms with E-state index in [0.29, 0.717) is 0 Å². The third-order valence-corrected chi connectivity index (χ3v) is 3.31. The summed E-state index contributed by atoms with van der Waals surface area (Å²) in [6.07, 6.45) is -2.78. The first-order valence-corrected chi connectivity index (χ1v) is 6.95. The minimum absolute atomic E-state index is 0.122. The fourth-order valence-electron chi connectivity index (χ4n) is 2.29. The average Bonchev–Trinajstić information content (AvgIpc) is 2.38. The zero-order chi connectivity index (χ0) is 15.3. The van der Waals surface area contributed by atoms with Gasteiger partial charge in [-0.1, -0.05) is 13.3 Å². The Labute approximate surface area is 118 Å². The molecule has 4 N–H and O–H groups in total. The molecule has 0 saturated carbocycles. The van der Waals surface area contributed by atoms with E-state index < -0.39 is 37.3 Å². The zero-order valence-corrected chi connectivity index (χ0v) is 12.2. The summed E-state index contributed by atoms with van der Waals surface area (Å²) in [6.45, 7) is 4.75. The molecule has 1 rings (SSSR count). The fraction of sp³-hybridized carbons (Fsp3) is 0.923. The largest absolute Gasteiger partial charge is 0.394 e. The third-order valence-electron chi connectivity index (χ3n) is 3.31. The highest BCUT2D eigenvalue weighted by Crippen LogP contribution is 2.23. The maximum absolute atomic E-state index is 11.2. The van der Waals surface area contributed by atoms with Crippen LogP contribution >= 0.6 is 0 Å². The number of ether oxygens (including phenoxy) is 2. The number of carbonyl (C=O) groups is 1. The molecule has 1 heterocycles. The Balaban J connectivity index is 2.80. The van der Waals surface area contributed by atoms with Crippen molar-refractivity contribution in [2.45, 2.75) is 70.4 Å². The summed E-state index contributed by atoms with van der Waals surface area (Å²) in [7, 11) is 0. The Bertz CT molecular complexity index is 313. The van der Waals surface area contributed by atoms with Gasteiger partial charge in [-0.2, -0.15) is 0 Å². The zero-order valence-electron chi connectivity index (χ0n) is 12.2. The van der Waals surface area contributed by atoms with Crippen molar-refractivity contribution in [3.63, 3.8) is 0 Å². The molecule has 7 heteroatoms. The second kappa shape index (κ2) is 7.90. The molecule has 0 spiro atoms. The van der Waals surface area contributed by atoms with Crippen molar-refractivity contribution >= 4 is 5.91 Å². The van der Waals surface area contributed by atoms with Gasteiger partial charge in [0.15, 0.2) is 6.29 Å². The SMILES string of the molecule is CCCC(C)O[C@@H]1O[C@H](CO)[C@@H](O)[C@H](O)[C@H]1NC(C)=O. The van der Waals surface area contributed by atoms with Crippen molar-refractivity contribution in [2.24, 2.45) is 0 Å². The van der Waals surface area contributed by atoms with Crippen LogP contribution in [0.1, 0.15) is 33.6 Å². The van der Waals surface area contributed by atoms with Crippen molar-refractivity contribution in [3.05, 3.63) is 0 Å². The van der Waals surface area contributed by atoms with E-state index in [-0.39, 0.29) is 12.0 Å². The summed E-state index contributed by atoms with van der Waals surface area (Å²) in [5.74, 6) is -0.357. The van der Waals surface area contributed by atoms with E-state index in [0.717, 1.165) is 12.8 Å². The van der Waals surface area contributed by atoms with E-state index >= 15 is 0 Å². The Morgan fingerprint density at radius 1 is 1.40 bits per heavy atom. The Morgan fingerprint density at radius 3 is 2.55 bits per heavy atom. The molecule has 1 aliphatic heterocycles. The second-order valence-electron chi connectivity index (χ2n) is 5.17. The van der Waals surface area contributed by atoms with Crippen LogP contribution in [0, 0.1) is 0 Å². The van der Waals surface area contributed by atoms with Crippen molar-refractivity contribution in [2.75, 3.05) is 6.61 Å². The van der Waals surface area contributed by atoms with Crippen LogP contribution in [-0.2, 0) is 14.3 Å². The minimum Gasteiger partial charge on any atom is -0.394 e. The lowest BCUT2D eigenvalue weighted by atomic mass is 9.97. The van der Waals surface area contributed by atoms with E-state index in [1.54, 1.807) is 0 Å². The highest BCUT2D eigenvalue weighted by Gasteiger charge is 2.45. The van der Waals surface area contributed by atoms with Gasteiger partial charge in [0, 0.05) is 6.92 Å². The molecule has 1 amide bonds. The molecule has 0 aromatic rings. The molecule has 0 radical (unpaired) electrons. The van der Waals surface area contributed by atoms with Crippen LogP contribution in [0.4, 0.5) is 0 Å². The lowest BCUT2D eigenvalue weighted by Crippen LogP contribution is -2.64. The summed E-state index contributed by atoms with van der Waals surface area (Å²) in [5.41, 5.74) is 0. The van der Waals surface area contributed by atoms with Crippen molar-refractivity contribution < 1.29 is 29.6 Å². The second-order valence-corrected chi connectivity index (χ2v) is 5.17. The van der Waals surface area contributed by atoms with Crippen molar-refractivity contribution in [1.82, 2.24) is 5.32 Å². The summed E-state index contributed by atoms with van der Waals surface area (Å²) < 4.78 is 11.1. The first kappa shape index (κ1) is 17.3. The van der Waals surface area contributed by atoms with Gasteiger partial charge in [0.2, 0.25) is 5.91 Å². The van der Waals surface area contributed by atoms with Crippen molar-refractivity contribution in [3.8, 4) is 0 Å². The summed E-state index contributed by atoms with van der Waals surface area (Å²) in [6, 6.07) is -0.871. The lowest BCUT2D eigenvalue weighted by Gasteiger charge is -2.43. The number of carbonyl (C=O) groups excluding carboxylic acids is 1. The molecule has 6 atom stereocenters. The molecule has 1 unspecified atom stereocenters. The molecule has 1 aliphatic rings. The molecular weight excluding hydrogens is 266 g/mol. The van der Waals surface area contributed by atoms with Gasteiger partial charge in [0.25, 0.3) is 0 Å². The highest BCUT2D eigenvalue weighted by molar-refractivity contribution is 5.73. The van der Waals surface area contributed by atoms with Crippen molar-refractivity contribution in [1.29, 1.82) is 0 Å².